The second kappa shape index (κ2) is 4.61. The Hall–Kier alpha value is -0.570. The van der Waals surface area contributed by atoms with Crippen LogP contribution >= 0.6 is 0 Å². The van der Waals surface area contributed by atoms with E-state index >= 15 is 0 Å². The highest BCUT2D eigenvalue weighted by Gasteiger charge is 2.24. The maximum absolute atomic E-state index is 10.5. The van der Waals surface area contributed by atoms with E-state index in [1.165, 1.54) is 25.7 Å². The van der Waals surface area contributed by atoms with Crippen LogP contribution in [0.1, 0.15) is 39.0 Å². The van der Waals surface area contributed by atoms with E-state index in [4.69, 9.17) is 10.8 Å². The molecule has 1 saturated carbocycles. The summed E-state index contributed by atoms with van der Waals surface area (Å²) < 4.78 is 0. The van der Waals surface area contributed by atoms with Gasteiger partial charge < -0.3 is 10.8 Å². The lowest BCUT2D eigenvalue weighted by atomic mass is 9.87. The van der Waals surface area contributed by atoms with Crippen LogP contribution in [0.5, 0.6) is 0 Å². The van der Waals surface area contributed by atoms with Gasteiger partial charge in [0.2, 0.25) is 0 Å². The molecule has 1 fully saturated rings. The van der Waals surface area contributed by atoms with Crippen molar-refractivity contribution in [2.45, 2.75) is 45.1 Å². The summed E-state index contributed by atoms with van der Waals surface area (Å²) >= 11 is 0. The molecule has 0 aliphatic heterocycles. The van der Waals surface area contributed by atoms with E-state index in [0.717, 1.165) is 0 Å². The number of hydrogen-bond donors (Lipinski definition) is 2. The van der Waals surface area contributed by atoms with Gasteiger partial charge in [-0.2, -0.15) is 0 Å². The van der Waals surface area contributed by atoms with Crippen molar-refractivity contribution in [3.8, 4) is 0 Å². The minimum Gasteiger partial charge on any atom is -0.480 e. The van der Waals surface area contributed by atoms with Gasteiger partial charge in [0.25, 0.3) is 0 Å². The molecule has 0 aromatic carbocycles. The Bertz CT molecular complexity index is 176. The molecule has 0 saturated heterocycles. The summed E-state index contributed by atoms with van der Waals surface area (Å²) in [6.45, 7) is 2.12. The highest BCUT2D eigenvalue weighted by atomic mass is 16.4. The largest absolute Gasteiger partial charge is 0.480 e. The van der Waals surface area contributed by atoms with E-state index < -0.39 is 12.0 Å². The zero-order valence-electron chi connectivity index (χ0n) is 8.20. The second-order valence-corrected chi connectivity index (χ2v) is 4.20. The van der Waals surface area contributed by atoms with E-state index in [2.05, 4.69) is 6.92 Å². The van der Waals surface area contributed by atoms with Crippen LogP contribution in [0.15, 0.2) is 0 Å². The van der Waals surface area contributed by atoms with E-state index in [1.54, 1.807) is 0 Å². The van der Waals surface area contributed by atoms with E-state index in [-0.39, 0.29) is 0 Å². The van der Waals surface area contributed by atoms with Gasteiger partial charge in [-0.15, -0.1) is 0 Å². The number of rotatable bonds is 4. The molecule has 0 spiro atoms. The lowest BCUT2D eigenvalue weighted by Crippen LogP contribution is -2.33. The third-order valence-electron chi connectivity index (χ3n) is 3.15. The predicted octanol–water partition coefficient (Wildman–Crippen LogP) is 1.61. The Labute approximate surface area is 79.3 Å². The molecule has 0 heterocycles. The van der Waals surface area contributed by atoms with Crippen LogP contribution in [0.3, 0.4) is 0 Å². The Morgan fingerprint density at radius 2 is 2.08 bits per heavy atom. The van der Waals surface area contributed by atoms with Crippen molar-refractivity contribution >= 4 is 5.97 Å². The topological polar surface area (TPSA) is 63.3 Å². The molecule has 2 unspecified atom stereocenters. The number of carboxylic acids is 1. The van der Waals surface area contributed by atoms with Crippen molar-refractivity contribution in [2.24, 2.45) is 17.6 Å². The van der Waals surface area contributed by atoms with Crippen LogP contribution in [0.4, 0.5) is 0 Å². The molecule has 76 valence electrons. The van der Waals surface area contributed by atoms with Crippen molar-refractivity contribution in [3.63, 3.8) is 0 Å². The first-order chi connectivity index (χ1) is 6.11. The van der Waals surface area contributed by atoms with Gasteiger partial charge in [0.1, 0.15) is 6.04 Å². The zero-order valence-corrected chi connectivity index (χ0v) is 8.20. The summed E-state index contributed by atoms with van der Waals surface area (Å²) in [5.74, 6) is 0.309. The van der Waals surface area contributed by atoms with E-state index in [9.17, 15) is 4.79 Å². The van der Waals surface area contributed by atoms with Crippen molar-refractivity contribution in [2.75, 3.05) is 0 Å². The Kier molecular flexibility index (Phi) is 3.72. The van der Waals surface area contributed by atoms with Gasteiger partial charge in [-0.1, -0.05) is 32.6 Å². The smallest absolute Gasteiger partial charge is 0.320 e. The fraction of sp³-hybridized carbons (Fsp3) is 0.900. The van der Waals surface area contributed by atoms with Crippen LogP contribution in [-0.4, -0.2) is 17.1 Å². The van der Waals surface area contributed by atoms with Gasteiger partial charge >= 0.3 is 5.97 Å². The van der Waals surface area contributed by atoms with Gasteiger partial charge in [-0.3, -0.25) is 4.79 Å². The lowest BCUT2D eigenvalue weighted by molar-refractivity contribution is -0.139. The molecular formula is C10H19NO2. The van der Waals surface area contributed by atoms with Crippen molar-refractivity contribution in [1.82, 2.24) is 0 Å². The maximum atomic E-state index is 10.5. The lowest BCUT2D eigenvalue weighted by Gasteiger charge is -2.20. The highest BCUT2D eigenvalue weighted by molar-refractivity contribution is 5.73. The number of carboxylic acid groups (broad SMARTS) is 1. The first-order valence-electron chi connectivity index (χ1n) is 5.09. The molecular weight excluding hydrogens is 166 g/mol. The highest BCUT2D eigenvalue weighted by Crippen LogP contribution is 2.33. The summed E-state index contributed by atoms with van der Waals surface area (Å²) in [4.78, 5) is 10.5. The number of nitrogens with two attached hydrogens (primary N) is 1. The average molecular weight is 185 g/mol. The second-order valence-electron chi connectivity index (χ2n) is 4.20. The Morgan fingerprint density at radius 3 is 2.54 bits per heavy atom. The number of aliphatic carboxylic acids is 1. The van der Waals surface area contributed by atoms with Gasteiger partial charge in [-0.05, 0) is 18.3 Å². The van der Waals surface area contributed by atoms with E-state index in [1.807, 2.05) is 0 Å². The molecule has 0 aromatic heterocycles. The van der Waals surface area contributed by atoms with Crippen LogP contribution in [-0.2, 0) is 4.79 Å². The molecule has 1 rings (SSSR count). The molecule has 0 bridgehead atoms. The van der Waals surface area contributed by atoms with Crippen molar-refractivity contribution in [1.29, 1.82) is 0 Å². The molecule has 0 amide bonds. The summed E-state index contributed by atoms with van der Waals surface area (Å²) in [6, 6.07) is -0.671. The van der Waals surface area contributed by atoms with Crippen LogP contribution in [0.25, 0.3) is 0 Å². The van der Waals surface area contributed by atoms with E-state index in [0.29, 0.717) is 18.3 Å². The van der Waals surface area contributed by atoms with Crippen LogP contribution < -0.4 is 5.73 Å². The minimum atomic E-state index is -0.871. The zero-order chi connectivity index (χ0) is 9.84. The Balaban J connectivity index is 2.30. The van der Waals surface area contributed by atoms with Crippen molar-refractivity contribution < 1.29 is 9.90 Å². The van der Waals surface area contributed by atoms with Gasteiger partial charge in [-0.25, -0.2) is 0 Å². The molecule has 2 atom stereocenters. The summed E-state index contributed by atoms with van der Waals surface area (Å²) in [7, 11) is 0. The van der Waals surface area contributed by atoms with Gasteiger partial charge in [0.15, 0.2) is 0 Å². The van der Waals surface area contributed by atoms with Crippen molar-refractivity contribution in [3.05, 3.63) is 0 Å². The fourth-order valence-electron chi connectivity index (χ4n) is 2.22. The van der Waals surface area contributed by atoms with Crippen LogP contribution in [0, 0.1) is 11.8 Å². The van der Waals surface area contributed by atoms with Gasteiger partial charge in [0.05, 0.1) is 0 Å². The standard InChI is InChI=1S/C10H19NO2/c1-7(6-9(11)10(12)13)8-4-2-3-5-8/h7-9H,2-6,11H2,1H3,(H,12,13). The maximum Gasteiger partial charge on any atom is 0.320 e. The van der Waals surface area contributed by atoms with Gasteiger partial charge in [0, 0.05) is 0 Å². The quantitative estimate of drug-likeness (QED) is 0.699. The molecule has 3 N–H and O–H groups in total. The average Bonchev–Trinajstić information content (AvgIpc) is 2.55. The third kappa shape index (κ3) is 2.99. The molecule has 3 heteroatoms. The molecule has 0 radical (unpaired) electrons. The number of carbonyl (C=O) groups is 1. The third-order valence-corrected chi connectivity index (χ3v) is 3.15. The summed E-state index contributed by atoms with van der Waals surface area (Å²) in [6.07, 6.45) is 5.75. The fourth-order valence-corrected chi connectivity index (χ4v) is 2.22. The number of hydrogen-bond acceptors (Lipinski definition) is 2. The first kappa shape index (κ1) is 10.5. The minimum absolute atomic E-state index is 0.466. The molecule has 1 aliphatic rings. The Morgan fingerprint density at radius 1 is 1.54 bits per heavy atom. The monoisotopic (exact) mass is 185 g/mol. The summed E-state index contributed by atoms with van der Waals surface area (Å²) in [5.41, 5.74) is 5.49. The normalized spacial score (nSPS) is 22.9. The predicted molar refractivity (Wildman–Crippen MR) is 51.4 cm³/mol. The molecule has 3 nitrogen and oxygen atoms in total. The van der Waals surface area contributed by atoms with Crippen LogP contribution in [0.2, 0.25) is 0 Å². The first-order valence-corrected chi connectivity index (χ1v) is 5.09. The molecule has 13 heavy (non-hydrogen) atoms. The SMILES string of the molecule is CC(CC(N)C(=O)O)C1CCCC1. The molecule has 1 aliphatic carbocycles. The summed E-state index contributed by atoms with van der Waals surface area (Å²) in [5, 5.41) is 8.65. The molecule has 0 aromatic rings.